The second-order valence-corrected chi connectivity index (χ2v) is 9.36. The molecular formula is C19H29N3O3S. The minimum atomic E-state index is -3.49. The third-order valence-electron chi connectivity index (χ3n) is 5.83. The predicted octanol–water partition coefficient (Wildman–Crippen LogP) is 1.91. The van der Waals surface area contributed by atoms with E-state index in [-0.39, 0.29) is 11.9 Å². The van der Waals surface area contributed by atoms with Crippen LogP contribution >= 0.6 is 0 Å². The van der Waals surface area contributed by atoms with Gasteiger partial charge >= 0.3 is 0 Å². The smallest absolute Gasteiger partial charge is 0.243 e. The van der Waals surface area contributed by atoms with E-state index in [1.807, 2.05) is 17.0 Å². The third kappa shape index (κ3) is 4.10. The van der Waals surface area contributed by atoms with Gasteiger partial charge < -0.3 is 5.73 Å². The molecule has 1 heterocycles. The molecule has 7 heteroatoms. The highest BCUT2D eigenvalue weighted by atomic mass is 32.2. The van der Waals surface area contributed by atoms with Crippen LogP contribution in [0.1, 0.15) is 50.5 Å². The molecule has 6 nitrogen and oxygen atoms in total. The van der Waals surface area contributed by atoms with E-state index in [0.29, 0.717) is 37.0 Å². The number of carbonyl (C=O) groups is 1. The molecule has 0 spiro atoms. The van der Waals surface area contributed by atoms with Gasteiger partial charge in [0.15, 0.2) is 0 Å². The standard InChI is InChI=1S/C19H29N3O3S/c1-15(19(20)23)21-11-13-22(14-12-21)26(24,25)18-9-7-17(8-10-18)16-5-3-2-4-6-16/h7-10,15-16H,2-6,11-14H2,1H3,(H2,20,23)/t15-/m1/s1. The minimum absolute atomic E-state index is 0.355. The number of amides is 1. The van der Waals surface area contributed by atoms with E-state index < -0.39 is 10.0 Å². The van der Waals surface area contributed by atoms with Gasteiger partial charge in [0.05, 0.1) is 10.9 Å². The molecule has 1 saturated heterocycles. The summed E-state index contributed by atoms with van der Waals surface area (Å²) < 4.78 is 27.3. The quantitative estimate of drug-likeness (QED) is 0.847. The third-order valence-corrected chi connectivity index (χ3v) is 7.74. The van der Waals surface area contributed by atoms with Gasteiger partial charge in [-0.1, -0.05) is 31.4 Å². The average molecular weight is 380 g/mol. The number of carbonyl (C=O) groups excluding carboxylic acids is 1. The molecule has 1 aliphatic carbocycles. The summed E-state index contributed by atoms with van der Waals surface area (Å²) >= 11 is 0. The number of hydrogen-bond acceptors (Lipinski definition) is 4. The molecule has 3 rings (SSSR count). The lowest BCUT2D eigenvalue weighted by Gasteiger charge is -2.36. The molecule has 1 aromatic carbocycles. The zero-order chi connectivity index (χ0) is 18.7. The highest BCUT2D eigenvalue weighted by Gasteiger charge is 2.31. The Hall–Kier alpha value is -1.44. The van der Waals surface area contributed by atoms with Gasteiger partial charge in [-0.05, 0) is 43.4 Å². The molecule has 1 atom stereocenters. The Bertz CT molecular complexity index is 719. The Morgan fingerprint density at radius 1 is 1.04 bits per heavy atom. The number of primary amides is 1. The zero-order valence-corrected chi connectivity index (χ0v) is 16.2. The number of sulfonamides is 1. The van der Waals surface area contributed by atoms with Gasteiger partial charge in [-0.15, -0.1) is 0 Å². The predicted molar refractivity (Wildman–Crippen MR) is 101 cm³/mol. The first-order valence-corrected chi connectivity index (χ1v) is 11.0. The summed E-state index contributed by atoms with van der Waals surface area (Å²) in [4.78, 5) is 13.6. The van der Waals surface area contributed by atoms with Gasteiger partial charge in [0.25, 0.3) is 0 Å². The van der Waals surface area contributed by atoms with E-state index in [1.54, 1.807) is 19.1 Å². The van der Waals surface area contributed by atoms with Crippen molar-refractivity contribution in [2.45, 2.75) is 55.9 Å². The van der Waals surface area contributed by atoms with Crippen LogP contribution < -0.4 is 5.73 Å². The van der Waals surface area contributed by atoms with Crippen LogP contribution in [0.15, 0.2) is 29.2 Å². The Balaban J connectivity index is 1.66. The topological polar surface area (TPSA) is 83.7 Å². The van der Waals surface area contributed by atoms with E-state index in [0.717, 1.165) is 0 Å². The van der Waals surface area contributed by atoms with Crippen molar-refractivity contribution in [2.75, 3.05) is 26.2 Å². The summed E-state index contributed by atoms with van der Waals surface area (Å²) in [5.41, 5.74) is 6.59. The maximum absolute atomic E-state index is 12.9. The number of rotatable bonds is 5. The molecule has 1 aromatic rings. The normalized spacial score (nSPS) is 22.2. The lowest BCUT2D eigenvalue weighted by Crippen LogP contribution is -2.54. The molecule has 0 bridgehead atoms. The number of nitrogens with zero attached hydrogens (tertiary/aromatic N) is 2. The highest BCUT2D eigenvalue weighted by Crippen LogP contribution is 2.33. The summed E-state index contributed by atoms with van der Waals surface area (Å²) in [5.74, 6) is 0.193. The van der Waals surface area contributed by atoms with Gasteiger partial charge in [0.1, 0.15) is 0 Å². The molecule has 0 aromatic heterocycles. The van der Waals surface area contributed by atoms with Gasteiger partial charge in [0, 0.05) is 26.2 Å². The summed E-state index contributed by atoms with van der Waals surface area (Å²) in [5, 5.41) is 0. The number of hydrogen-bond donors (Lipinski definition) is 1. The second-order valence-electron chi connectivity index (χ2n) is 7.42. The van der Waals surface area contributed by atoms with Crippen molar-refractivity contribution in [1.29, 1.82) is 0 Å². The summed E-state index contributed by atoms with van der Waals surface area (Å²) in [6, 6.07) is 7.09. The first kappa shape index (κ1) is 19.3. The van der Waals surface area contributed by atoms with Crippen molar-refractivity contribution in [1.82, 2.24) is 9.21 Å². The molecule has 0 unspecified atom stereocenters. The van der Waals surface area contributed by atoms with E-state index in [2.05, 4.69) is 0 Å². The molecule has 1 amide bonds. The fraction of sp³-hybridized carbons (Fsp3) is 0.632. The minimum Gasteiger partial charge on any atom is -0.368 e. The van der Waals surface area contributed by atoms with Gasteiger partial charge in [-0.3, -0.25) is 9.69 Å². The lowest BCUT2D eigenvalue weighted by atomic mass is 9.84. The monoisotopic (exact) mass is 379 g/mol. The molecular weight excluding hydrogens is 350 g/mol. The van der Waals surface area contributed by atoms with Crippen molar-refractivity contribution >= 4 is 15.9 Å². The maximum atomic E-state index is 12.9. The summed E-state index contributed by atoms with van der Waals surface area (Å²) in [7, 11) is -3.49. The van der Waals surface area contributed by atoms with Crippen LogP contribution in [0.3, 0.4) is 0 Å². The van der Waals surface area contributed by atoms with Crippen LogP contribution in [0.2, 0.25) is 0 Å². The van der Waals surface area contributed by atoms with E-state index >= 15 is 0 Å². The molecule has 26 heavy (non-hydrogen) atoms. The van der Waals surface area contributed by atoms with Crippen LogP contribution in [0.25, 0.3) is 0 Å². The molecule has 2 aliphatic rings. The summed E-state index contributed by atoms with van der Waals surface area (Å²) in [6.45, 7) is 3.55. The van der Waals surface area contributed by atoms with Crippen molar-refractivity contribution in [3.05, 3.63) is 29.8 Å². The fourth-order valence-electron chi connectivity index (χ4n) is 4.01. The van der Waals surface area contributed by atoms with E-state index in [4.69, 9.17) is 5.73 Å². The van der Waals surface area contributed by atoms with Crippen molar-refractivity contribution in [2.24, 2.45) is 5.73 Å². The highest BCUT2D eigenvalue weighted by molar-refractivity contribution is 7.89. The SMILES string of the molecule is C[C@H](C(N)=O)N1CCN(S(=O)(=O)c2ccc(C3CCCCC3)cc2)CC1. The van der Waals surface area contributed by atoms with Crippen molar-refractivity contribution in [3.63, 3.8) is 0 Å². The molecule has 2 fully saturated rings. The molecule has 0 radical (unpaired) electrons. The molecule has 144 valence electrons. The Morgan fingerprint density at radius 3 is 2.15 bits per heavy atom. The van der Waals surface area contributed by atoms with Gasteiger partial charge in [-0.2, -0.15) is 4.31 Å². The molecule has 2 N–H and O–H groups in total. The largest absolute Gasteiger partial charge is 0.368 e. The van der Waals surface area contributed by atoms with Crippen LogP contribution in [0.5, 0.6) is 0 Å². The fourth-order valence-corrected chi connectivity index (χ4v) is 5.43. The average Bonchev–Trinajstić information content (AvgIpc) is 2.68. The van der Waals surface area contributed by atoms with Gasteiger partial charge in [0.2, 0.25) is 15.9 Å². The lowest BCUT2D eigenvalue weighted by molar-refractivity contribution is -0.123. The van der Waals surface area contributed by atoms with E-state index in [9.17, 15) is 13.2 Å². The molecule has 1 aliphatic heterocycles. The first-order valence-electron chi connectivity index (χ1n) is 9.53. The Morgan fingerprint density at radius 2 is 1.62 bits per heavy atom. The van der Waals surface area contributed by atoms with Crippen LogP contribution in [0, 0.1) is 0 Å². The van der Waals surface area contributed by atoms with Crippen LogP contribution in [-0.4, -0.2) is 55.8 Å². The molecule has 1 saturated carbocycles. The first-order chi connectivity index (χ1) is 12.4. The maximum Gasteiger partial charge on any atom is 0.243 e. The number of benzene rings is 1. The van der Waals surface area contributed by atoms with Crippen molar-refractivity contribution < 1.29 is 13.2 Å². The van der Waals surface area contributed by atoms with Crippen LogP contribution in [-0.2, 0) is 14.8 Å². The second kappa shape index (κ2) is 8.06. The van der Waals surface area contributed by atoms with Crippen LogP contribution in [0.4, 0.5) is 0 Å². The number of piperazine rings is 1. The Labute approximate surface area is 156 Å². The van der Waals surface area contributed by atoms with E-state index in [1.165, 1.54) is 42.0 Å². The van der Waals surface area contributed by atoms with Gasteiger partial charge in [-0.25, -0.2) is 8.42 Å². The zero-order valence-electron chi connectivity index (χ0n) is 15.4. The summed E-state index contributed by atoms with van der Waals surface area (Å²) in [6.07, 6.45) is 6.24. The van der Waals surface area contributed by atoms with Crippen molar-refractivity contribution in [3.8, 4) is 0 Å². The Kier molecular flexibility index (Phi) is 5.99. The number of nitrogens with two attached hydrogens (primary N) is 1.